The number of aromatic nitrogens is 1. The van der Waals surface area contributed by atoms with Gasteiger partial charge in [0.25, 0.3) is 0 Å². The predicted molar refractivity (Wildman–Crippen MR) is 78.1 cm³/mol. The average Bonchev–Trinajstić information content (AvgIpc) is 2.45. The molecule has 0 unspecified atom stereocenters. The van der Waals surface area contributed by atoms with Gasteiger partial charge in [-0.05, 0) is 31.0 Å². The highest BCUT2D eigenvalue weighted by Crippen LogP contribution is 2.19. The third-order valence-electron chi connectivity index (χ3n) is 3.10. The van der Waals surface area contributed by atoms with Crippen molar-refractivity contribution in [1.29, 1.82) is 5.26 Å². The minimum absolute atomic E-state index is 0.0325. The largest absolute Gasteiger partial charge is 0.392 e. The van der Waals surface area contributed by atoms with Gasteiger partial charge in [-0.15, -0.1) is 0 Å². The highest BCUT2D eigenvalue weighted by molar-refractivity contribution is 5.60. The Morgan fingerprint density at radius 1 is 1.25 bits per heavy atom. The lowest BCUT2D eigenvalue weighted by Gasteiger charge is -2.11. The quantitative estimate of drug-likeness (QED) is 0.893. The van der Waals surface area contributed by atoms with E-state index < -0.39 is 0 Å². The average molecular weight is 267 g/mol. The monoisotopic (exact) mass is 267 g/mol. The van der Waals surface area contributed by atoms with Crippen molar-refractivity contribution in [3.63, 3.8) is 0 Å². The summed E-state index contributed by atoms with van der Waals surface area (Å²) < 4.78 is 0. The lowest BCUT2D eigenvalue weighted by Crippen LogP contribution is -2.04. The summed E-state index contributed by atoms with van der Waals surface area (Å²) in [5, 5.41) is 21.6. The molecule has 0 bridgehead atoms. The Kier molecular flexibility index (Phi) is 4.34. The maximum atomic E-state index is 9.21. The molecule has 4 heteroatoms. The first-order valence-corrected chi connectivity index (χ1v) is 6.45. The maximum Gasteiger partial charge on any atom is 0.103 e. The summed E-state index contributed by atoms with van der Waals surface area (Å²) in [6.07, 6.45) is 0. The van der Waals surface area contributed by atoms with Crippen molar-refractivity contribution < 1.29 is 5.11 Å². The van der Waals surface area contributed by atoms with Crippen LogP contribution < -0.4 is 5.32 Å². The van der Waals surface area contributed by atoms with E-state index in [4.69, 9.17) is 5.11 Å². The summed E-state index contributed by atoms with van der Waals surface area (Å²) in [7, 11) is 0. The molecule has 0 amide bonds. The standard InChI is InChI=1S/C16H17N3O/c1-11-6-16(15(8-17)12(2)19-11)18-9-13-4-3-5-14(7-13)10-20/h3-7,20H,9-10H2,1-2H3,(H,18,19). The molecule has 20 heavy (non-hydrogen) atoms. The van der Waals surface area contributed by atoms with Gasteiger partial charge in [0.1, 0.15) is 6.07 Å². The number of aliphatic hydroxyl groups excluding tert-OH is 1. The first-order chi connectivity index (χ1) is 9.63. The Morgan fingerprint density at radius 2 is 2.00 bits per heavy atom. The molecule has 0 fully saturated rings. The van der Waals surface area contributed by atoms with Gasteiger partial charge >= 0.3 is 0 Å². The number of hydrogen-bond donors (Lipinski definition) is 2. The third-order valence-corrected chi connectivity index (χ3v) is 3.10. The van der Waals surface area contributed by atoms with Gasteiger partial charge in [0.2, 0.25) is 0 Å². The van der Waals surface area contributed by atoms with E-state index in [-0.39, 0.29) is 6.61 Å². The van der Waals surface area contributed by atoms with Gasteiger partial charge in [0, 0.05) is 12.2 Å². The van der Waals surface area contributed by atoms with E-state index in [1.807, 2.05) is 44.2 Å². The number of nitrogens with one attached hydrogen (secondary N) is 1. The van der Waals surface area contributed by atoms with Gasteiger partial charge in [-0.2, -0.15) is 5.26 Å². The highest BCUT2D eigenvalue weighted by Gasteiger charge is 2.07. The number of aryl methyl sites for hydroxylation is 2. The maximum absolute atomic E-state index is 9.21. The lowest BCUT2D eigenvalue weighted by molar-refractivity contribution is 0.281. The second-order valence-electron chi connectivity index (χ2n) is 4.72. The second-order valence-corrected chi connectivity index (χ2v) is 4.72. The third kappa shape index (κ3) is 3.14. The second kappa shape index (κ2) is 6.18. The van der Waals surface area contributed by atoms with Gasteiger partial charge in [0.15, 0.2) is 0 Å². The van der Waals surface area contributed by atoms with Crippen LogP contribution in [0.2, 0.25) is 0 Å². The van der Waals surface area contributed by atoms with Gasteiger partial charge in [0.05, 0.1) is 23.6 Å². The van der Waals surface area contributed by atoms with E-state index in [0.29, 0.717) is 12.1 Å². The summed E-state index contributed by atoms with van der Waals surface area (Å²) in [6, 6.07) is 11.8. The van der Waals surface area contributed by atoms with Gasteiger partial charge in [-0.1, -0.05) is 24.3 Å². The molecule has 4 nitrogen and oxygen atoms in total. The highest BCUT2D eigenvalue weighted by atomic mass is 16.3. The van der Waals surface area contributed by atoms with Gasteiger partial charge < -0.3 is 10.4 Å². The minimum Gasteiger partial charge on any atom is -0.392 e. The zero-order valence-electron chi connectivity index (χ0n) is 11.6. The molecule has 2 aromatic rings. The molecule has 0 aliphatic heterocycles. The number of nitriles is 1. The molecular formula is C16H17N3O. The number of aliphatic hydroxyl groups is 1. The molecule has 2 rings (SSSR count). The van der Waals surface area contributed by atoms with Crippen LogP contribution in [-0.4, -0.2) is 10.1 Å². The molecule has 0 atom stereocenters. The molecule has 0 radical (unpaired) electrons. The van der Waals surface area contributed by atoms with E-state index in [2.05, 4.69) is 16.4 Å². The lowest BCUT2D eigenvalue weighted by atomic mass is 10.1. The molecule has 0 aliphatic rings. The van der Waals surface area contributed by atoms with E-state index in [1.165, 1.54) is 0 Å². The summed E-state index contributed by atoms with van der Waals surface area (Å²) >= 11 is 0. The number of benzene rings is 1. The Balaban J connectivity index is 2.20. The summed E-state index contributed by atoms with van der Waals surface area (Å²) in [6.45, 7) is 4.38. The van der Waals surface area contributed by atoms with Crippen LogP contribution in [-0.2, 0) is 13.2 Å². The minimum atomic E-state index is 0.0325. The van der Waals surface area contributed by atoms with Crippen LogP contribution in [0.4, 0.5) is 5.69 Å². The first kappa shape index (κ1) is 14.0. The topological polar surface area (TPSA) is 68.9 Å². The Labute approximate surface area is 118 Å². The molecule has 1 heterocycles. The fraction of sp³-hybridized carbons (Fsp3) is 0.250. The molecule has 0 aliphatic carbocycles. The van der Waals surface area contributed by atoms with Crippen molar-refractivity contribution in [2.24, 2.45) is 0 Å². The van der Waals surface area contributed by atoms with E-state index in [1.54, 1.807) is 0 Å². The molecule has 1 aromatic heterocycles. The summed E-state index contributed by atoms with van der Waals surface area (Å²) in [5.74, 6) is 0. The Hall–Kier alpha value is -2.38. The fourth-order valence-corrected chi connectivity index (χ4v) is 2.14. The molecule has 2 N–H and O–H groups in total. The smallest absolute Gasteiger partial charge is 0.103 e. The number of anilines is 1. The van der Waals surface area contributed by atoms with Crippen molar-refractivity contribution in [3.05, 3.63) is 58.4 Å². The van der Waals surface area contributed by atoms with E-state index in [0.717, 1.165) is 28.2 Å². The van der Waals surface area contributed by atoms with E-state index in [9.17, 15) is 5.26 Å². The molecule has 0 spiro atoms. The Morgan fingerprint density at radius 3 is 2.70 bits per heavy atom. The molecule has 0 saturated heterocycles. The van der Waals surface area contributed by atoms with E-state index >= 15 is 0 Å². The Bertz CT molecular complexity index is 659. The number of pyridine rings is 1. The molecule has 102 valence electrons. The van der Waals surface area contributed by atoms with Crippen LogP contribution in [0.15, 0.2) is 30.3 Å². The summed E-state index contributed by atoms with van der Waals surface area (Å²) in [5.41, 5.74) is 4.94. The van der Waals surface area contributed by atoms with Crippen LogP contribution in [0, 0.1) is 25.2 Å². The van der Waals surface area contributed by atoms with Crippen LogP contribution in [0.3, 0.4) is 0 Å². The zero-order valence-corrected chi connectivity index (χ0v) is 11.6. The van der Waals surface area contributed by atoms with Gasteiger partial charge in [-0.25, -0.2) is 0 Å². The number of hydrogen-bond acceptors (Lipinski definition) is 4. The molecule has 0 saturated carbocycles. The number of nitrogens with zero attached hydrogens (tertiary/aromatic N) is 2. The van der Waals surface area contributed by atoms with Crippen molar-refractivity contribution in [1.82, 2.24) is 4.98 Å². The fourth-order valence-electron chi connectivity index (χ4n) is 2.14. The zero-order chi connectivity index (χ0) is 14.5. The van der Waals surface area contributed by atoms with Crippen molar-refractivity contribution in [2.45, 2.75) is 27.0 Å². The van der Waals surface area contributed by atoms with Crippen molar-refractivity contribution in [2.75, 3.05) is 5.32 Å². The summed E-state index contributed by atoms with van der Waals surface area (Å²) in [4.78, 5) is 4.29. The SMILES string of the molecule is Cc1cc(NCc2cccc(CO)c2)c(C#N)c(C)n1. The van der Waals surface area contributed by atoms with Crippen molar-refractivity contribution in [3.8, 4) is 6.07 Å². The van der Waals surface area contributed by atoms with Crippen LogP contribution in [0.5, 0.6) is 0 Å². The molecular weight excluding hydrogens is 250 g/mol. The molecule has 1 aromatic carbocycles. The predicted octanol–water partition coefficient (Wildman–Crippen LogP) is 2.67. The van der Waals surface area contributed by atoms with Crippen LogP contribution in [0.1, 0.15) is 28.1 Å². The van der Waals surface area contributed by atoms with Crippen LogP contribution in [0.25, 0.3) is 0 Å². The van der Waals surface area contributed by atoms with Crippen LogP contribution >= 0.6 is 0 Å². The van der Waals surface area contributed by atoms with Crippen molar-refractivity contribution >= 4 is 5.69 Å². The first-order valence-electron chi connectivity index (χ1n) is 6.45. The number of rotatable bonds is 4. The normalized spacial score (nSPS) is 10.1. The van der Waals surface area contributed by atoms with Gasteiger partial charge in [-0.3, -0.25) is 4.98 Å².